The molecule has 2 N–H and O–H groups in total. The highest BCUT2D eigenvalue weighted by molar-refractivity contribution is 6.29. The van der Waals surface area contributed by atoms with Crippen LogP contribution in [-0.2, 0) is 6.54 Å². The third-order valence-electron chi connectivity index (χ3n) is 4.46. The van der Waals surface area contributed by atoms with Gasteiger partial charge in [-0.25, -0.2) is 4.98 Å². The molecule has 2 aromatic rings. The van der Waals surface area contributed by atoms with Gasteiger partial charge in [-0.3, -0.25) is 0 Å². The van der Waals surface area contributed by atoms with Crippen molar-refractivity contribution in [1.82, 2.24) is 9.97 Å². The number of hydrogen-bond donors (Lipinski definition) is 1. The molecule has 0 radical (unpaired) electrons. The first-order valence-electron chi connectivity index (χ1n) is 7.75. The lowest BCUT2D eigenvalue weighted by atomic mass is 10.3. The molecule has 0 aliphatic heterocycles. The number of nitrogens with two attached hydrogens (primary N) is 1. The van der Waals surface area contributed by atoms with E-state index in [0.717, 1.165) is 36.1 Å². The molecule has 0 unspecified atom stereocenters. The fourth-order valence-electron chi connectivity index (χ4n) is 2.92. The Hall–Kier alpha value is -1.75. The molecule has 2 saturated carbocycles. The third kappa shape index (κ3) is 2.77. The van der Waals surface area contributed by atoms with Crippen LogP contribution in [0.25, 0.3) is 0 Å². The van der Waals surface area contributed by atoms with Crippen LogP contribution >= 0.6 is 11.6 Å². The van der Waals surface area contributed by atoms with Gasteiger partial charge in [-0.2, -0.15) is 4.98 Å². The van der Waals surface area contributed by atoms with E-state index in [-0.39, 0.29) is 5.95 Å². The predicted molar refractivity (Wildman–Crippen MR) is 85.9 cm³/mol. The molecule has 2 aliphatic carbocycles. The number of aromatic nitrogens is 2. The summed E-state index contributed by atoms with van der Waals surface area (Å²) in [6.07, 6.45) is 3.56. The van der Waals surface area contributed by atoms with Crippen LogP contribution in [0.5, 0.6) is 0 Å². The molecular formula is C16H19ClN4O. The average Bonchev–Trinajstić information content (AvgIpc) is 3.37. The lowest BCUT2D eigenvalue weighted by Crippen LogP contribution is -2.26. The SMILES string of the molecule is C[C@H]1C[C@H]1c1ccc(CN(c2cc(Cl)nc(N)n2)C2CC2)o1. The van der Waals surface area contributed by atoms with Crippen molar-refractivity contribution in [2.75, 3.05) is 10.6 Å². The number of hydrogen-bond acceptors (Lipinski definition) is 5. The monoisotopic (exact) mass is 318 g/mol. The molecule has 0 aromatic carbocycles. The third-order valence-corrected chi connectivity index (χ3v) is 4.66. The molecule has 2 aromatic heterocycles. The first-order valence-corrected chi connectivity index (χ1v) is 8.13. The van der Waals surface area contributed by atoms with Crippen molar-refractivity contribution >= 4 is 23.4 Å². The molecule has 0 saturated heterocycles. The lowest BCUT2D eigenvalue weighted by Gasteiger charge is -2.22. The van der Waals surface area contributed by atoms with Gasteiger partial charge in [-0.1, -0.05) is 18.5 Å². The molecule has 2 atom stereocenters. The van der Waals surface area contributed by atoms with Gasteiger partial charge in [0.1, 0.15) is 22.5 Å². The second-order valence-electron chi connectivity index (χ2n) is 6.39. The Morgan fingerprint density at radius 3 is 2.77 bits per heavy atom. The topological polar surface area (TPSA) is 68.2 Å². The van der Waals surface area contributed by atoms with Gasteiger partial charge in [0.05, 0.1) is 6.54 Å². The summed E-state index contributed by atoms with van der Waals surface area (Å²) in [6.45, 7) is 2.95. The molecule has 6 heteroatoms. The Kier molecular flexibility index (Phi) is 3.26. The van der Waals surface area contributed by atoms with Crippen LogP contribution < -0.4 is 10.6 Å². The molecule has 2 aliphatic rings. The molecule has 22 heavy (non-hydrogen) atoms. The smallest absolute Gasteiger partial charge is 0.223 e. The highest BCUT2D eigenvalue weighted by atomic mass is 35.5. The molecular weight excluding hydrogens is 300 g/mol. The normalized spacial score (nSPS) is 23.5. The Morgan fingerprint density at radius 1 is 1.36 bits per heavy atom. The molecule has 2 heterocycles. The zero-order valence-corrected chi connectivity index (χ0v) is 13.3. The highest BCUT2D eigenvalue weighted by Gasteiger charge is 2.37. The second-order valence-corrected chi connectivity index (χ2v) is 6.78. The molecule has 116 valence electrons. The fraction of sp³-hybridized carbons (Fsp3) is 0.500. The zero-order valence-electron chi connectivity index (χ0n) is 12.5. The number of anilines is 2. The van der Waals surface area contributed by atoms with Gasteiger partial charge in [-0.05, 0) is 37.3 Å². The van der Waals surface area contributed by atoms with Gasteiger partial charge in [0, 0.05) is 18.0 Å². The van der Waals surface area contributed by atoms with Crippen LogP contribution in [0.1, 0.15) is 43.6 Å². The van der Waals surface area contributed by atoms with Crippen molar-refractivity contribution in [2.45, 2.75) is 44.7 Å². The van der Waals surface area contributed by atoms with Crippen LogP contribution in [0.15, 0.2) is 22.6 Å². The Labute approximate surface area is 134 Å². The van der Waals surface area contributed by atoms with E-state index in [4.69, 9.17) is 21.8 Å². The molecule has 0 amide bonds. The molecule has 0 spiro atoms. The minimum absolute atomic E-state index is 0.208. The summed E-state index contributed by atoms with van der Waals surface area (Å²) >= 11 is 6.01. The van der Waals surface area contributed by atoms with E-state index in [1.165, 1.54) is 6.42 Å². The van der Waals surface area contributed by atoms with Crippen molar-refractivity contribution in [3.8, 4) is 0 Å². The zero-order chi connectivity index (χ0) is 15.3. The van der Waals surface area contributed by atoms with E-state index in [9.17, 15) is 0 Å². The summed E-state index contributed by atoms with van der Waals surface area (Å²) in [5, 5.41) is 0.375. The van der Waals surface area contributed by atoms with Gasteiger partial charge in [0.15, 0.2) is 0 Å². The first-order chi connectivity index (χ1) is 10.6. The predicted octanol–water partition coefficient (Wildman–Crippen LogP) is 3.60. The number of rotatable bonds is 5. The number of furan rings is 1. The van der Waals surface area contributed by atoms with E-state index < -0.39 is 0 Å². The van der Waals surface area contributed by atoms with Crippen LogP contribution in [0.4, 0.5) is 11.8 Å². The maximum absolute atomic E-state index is 6.02. The quantitative estimate of drug-likeness (QED) is 0.853. The maximum Gasteiger partial charge on any atom is 0.223 e. The molecule has 4 rings (SSSR count). The second kappa shape index (κ2) is 5.16. The van der Waals surface area contributed by atoms with Crippen LogP contribution in [0, 0.1) is 5.92 Å². The van der Waals surface area contributed by atoms with Gasteiger partial charge in [0.25, 0.3) is 0 Å². The van der Waals surface area contributed by atoms with Crippen molar-refractivity contribution in [3.63, 3.8) is 0 Å². The first kappa shape index (κ1) is 13.9. The van der Waals surface area contributed by atoms with Gasteiger partial charge >= 0.3 is 0 Å². The van der Waals surface area contributed by atoms with Crippen molar-refractivity contribution in [2.24, 2.45) is 5.92 Å². The largest absolute Gasteiger partial charge is 0.464 e. The number of nitrogens with zero attached hydrogens (tertiary/aromatic N) is 3. The maximum atomic E-state index is 6.02. The van der Waals surface area contributed by atoms with E-state index >= 15 is 0 Å². The Bertz CT molecular complexity index is 677. The van der Waals surface area contributed by atoms with Crippen molar-refractivity contribution < 1.29 is 4.42 Å². The van der Waals surface area contributed by atoms with Crippen LogP contribution in [0.3, 0.4) is 0 Å². The molecule has 0 bridgehead atoms. The fourth-order valence-corrected chi connectivity index (χ4v) is 3.10. The minimum atomic E-state index is 0.208. The number of nitrogen functional groups attached to an aromatic ring is 1. The van der Waals surface area contributed by atoms with Crippen LogP contribution in [-0.4, -0.2) is 16.0 Å². The summed E-state index contributed by atoms with van der Waals surface area (Å²) < 4.78 is 6.02. The van der Waals surface area contributed by atoms with Gasteiger partial charge in [0.2, 0.25) is 5.95 Å². The number of halogens is 1. The summed E-state index contributed by atoms with van der Waals surface area (Å²) in [6, 6.07) is 6.43. The van der Waals surface area contributed by atoms with E-state index in [1.807, 2.05) is 0 Å². The van der Waals surface area contributed by atoms with Crippen molar-refractivity contribution in [1.29, 1.82) is 0 Å². The van der Waals surface area contributed by atoms with Gasteiger partial charge < -0.3 is 15.1 Å². The summed E-state index contributed by atoms with van der Waals surface area (Å²) in [7, 11) is 0. The minimum Gasteiger partial charge on any atom is -0.464 e. The average molecular weight is 319 g/mol. The van der Waals surface area contributed by atoms with Crippen LogP contribution in [0.2, 0.25) is 5.15 Å². The van der Waals surface area contributed by atoms with E-state index in [0.29, 0.717) is 23.7 Å². The Balaban J connectivity index is 1.56. The van der Waals surface area contributed by atoms with Gasteiger partial charge in [-0.15, -0.1) is 0 Å². The summed E-state index contributed by atoms with van der Waals surface area (Å²) in [4.78, 5) is 10.5. The summed E-state index contributed by atoms with van der Waals surface area (Å²) in [5.41, 5.74) is 5.72. The molecule has 5 nitrogen and oxygen atoms in total. The van der Waals surface area contributed by atoms with E-state index in [2.05, 4.69) is 33.9 Å². The Morgan fingerprint density at radius 2 is 2.14 bits per heavy atom. The van der Waals surface area contributed by atoms with Crippen molar-refractivity contribution in [3.05, 3.63) is 34.9 Å². The standard InChI is InChI=1S/C16H19ClN4O/c1-9-6-12(9)13-5-4-11(22-13)8-21(10-2-3-10)15-7-14(17)19-16(18)20-15/h4-5,7,9-10,12H,2-3,6,8H2,1H3,(H2,18,19,20)/t9-,12+/m0/s1. The lowest BCUT2D eigenvalue weighted by molar-refractivity contribution is 0.456. The molecule has 2 fully saturated rings. The summed E-state index contributed by atoms with van der Waals surface area (Å²) in [5.74, 6) is 4.41. The van der Waals surface area contributed by atoms with E-state index in [1.54, 1.807) is 6.07 Å². The highest BCUT2D eigenvalue weighted by Crippen LogP contribution is 2.47.